The van der Waals surface area contributed by atoms with Crippen molar-refractivity contribution in [3.63, 3.8) is 0 Å². The van der Waals surface area contributed by atoms with Crippen molar-refractivity contribution in [2.24, 2.45) is 0 Å². The van der Waals surface area contributed by atoms with Crippen LogP contribution < -0.4 is 0 Å². The molecule has 0 heterocycles. The number of aryl methyl sites for hydroxylation is 2. The molecule has 0 atom stereocenters. The Morgan fingerprint density at radius 1 is 0.500 bits per heavy atom. The lowest BCUT2D eigenvalue weighted by Gasteiger charge is -2.15. The number of carbonyl (C=O) groups is 2. The minimum atomic E-state index is 0.103. The van der Waals surface area contributed by atoms with Crippen LogP contribution in [0.4, 0.5) is 0 Å². The van der Waals surface area contributed by atoms with Crippen LogP contribution in [0, 0.1) is 13.8 Å². The maximum absolute atomic E-state index is 11.7. The topological polar surface area (TPSA) is 34.1 Å². The summed E-state index contributed by atoms with van der Waals surface area (Å²) in [6.07, 6.45) is 0. The molecule has 0 aromatic heterocycles. The van der Waals surface area contributed by atoms with Gasteiger partial charge in [0, 0.05) is 21.8 Å². The normalized spacial score (nSPS) is 11.2. The van der Waals surface area contributed by atoms with Gasteiger partial charge in [-0.3, -0.25) is 9.59 Å². The average Bonchev–Trinajstić information content (AvgIpc) is 2.98. The number of halogens is 2. The van der Waals surface area contributed by atoms with Gasteiger partial charge in [-0.05, 0) is 105 Å². The molecule has 0 aliphatic heterocycles. The van der Waals surface area contributed by atoms with E-state index in [0.717, 1.165) is 27.2 Å². The zero-order chi connectivity index (χ0) is 28.6. The van der Waals surface area contributed by atoms with Crippen molar-refractivity contribution in [1.82, 2.24) is 0 Å². The lowest BCUT2D eigenvalue weighted by Crippen LogP contribution is -1.96. The molecule has 0 amide bonds. The van der Waals surface area contributed by atoms with Crippen LogP contribution in [-0.2, 0) is 10.7 Å². The monoisotopic (exact) mass is 652 g/mol. The molecule has 0 spiro atoms. The molecular formula is C36H30Br2O2. The first-order valence-electron chi connectivity index (χ1n) is 13.3. The van der Waals surface area contributed by atoms with Gasteiger partial charge in [-0.25, -0.2) is 0 Å². The fourth-order valence-electron chi connectivity index (χ4n) is 5.69. The van der Waals surface area contributed by atoms with Crippen molar-refractivity contribution in [2.75, 3.05) is 0 Å². The maximum Gasteiger partial charge on any atom is 0.159 e. The molecule has 0 saturated heterocycles. The number of Topliss-reactive ketones (excluding diaryl/α,β-unsaturated/α-hetero) is 2. The van der Waals surface area contributed by atoms with Gasteiger partial charge in [-0.15, -0.1) is 0 Å². The first-order chi connectivity index (χ1) is 19.3. The van der Waals surface area contributed by atoms with Crippen LogP contribution in [0.3, 0.4) is 0 Å². The van der Waals surface area contributed by atoms with Gasteiger partial charge in [0.15, 0.2) is 11.6 Å². The predicted molar refractivity (Wildman–Crippen MR) is 178 cm³/mol. The zero-order valence-electron chi connectivity index (χ0n) is 23.1. The summed E-state index contributed by atoms with van der Waals surface area (Å²) < 4.78 is 0. The van der Waals surface area contributed by atoms with Gasteiger partial charge < -0.3 is 0 Å². The summed E-state index contributed by atoms with van der Waals surface area (Å²) in [6.45, 7) is 7.51. The number of benzene rings is 6. The first kappa shape index (κ1) is 28.2. The van der Waals surface area contributed by atoms with Crippen LogP contribution in [0.25, 0.3) is 43.1 Å². The highest BCUT2D eigenvalue weighted by Crippen LogP contribution is 2.36. The van der Waals surface area contributed by atoms with Crippen molar-refractivity contribution in [1.29, 1.82) is 0 Å². The third kappa shape index (κ3) is 5.00. The summed E-state index contributed by atoms with van der Waals surface area (Å²) in [5, 5.41) is 11.4. The van der Waals surface area contributed by atoms with Crippen molar-refractivity contribution < 1.29 is 9.59 Å². The minimum absolute atomic E-state index is 0.103. The number of rotatable bonds is 4. The first-order valence-corrected chi connectivity index (χ1v) is 15.5. The van der Waals surface area contributed by atoms with E-state index in [0.29, 0.717) is 0 Å². The van der Waals surface area contributed by atoms with Gasteiger partial charge in [-0.2, -0.15) is 0 Å². The van der Waals surface area contributed by atoms with E-state index in [1.165, 1.54) is 60.0 Å². The Hall–Kier alpha value is -3.34. The molecule has 0 N–H and O–H groups in total. The smallest absolute Gasteiger partial charge is 0.159 e. The van der Waals surface area contributed by atoms with Crippen LogP contribution in [-0.4, -0.2) is 11.6 Å². The fourth-order valence-corrected chi connectivity index (χ4v) is 6.90. The van der Waals surface area contributed by atoms with E-state index < -0.39 is 0 Å². The number of fused-ring (bicyclic) bond motifs is 4. The number of ketones is 2. The molecule has 2 nitrogen and oxygen atoms in total. The van der Waals surface area contributed by atoms with E-state index in [1.807, 2.05) is 24.3 Å². The Bertz CT molecular complexity index is 1950. The standard InChI is InChI=1S/C18H14Br2O.C18H16O/c1-11(21)12-6-7-15-16(8-12)18(10-20)14-5-3-2-4-13(14)17(15)9-19;1-11-15-6-4-5-7-16(15)12(2)18-10-14(13(3)19)8-9-17(11)18/h2-8H,9-10H2,1H3;4-10H,1-3H3. The second-order valence-corrected chi connectivity index (χ2v) is 11.3. The van der Waals surface area contributed by atoms with E-state index in [2.05, 4.69) is 106 Å². The van der Waals surface area contributed by atoms with Gasteiger partial charge >= 0.3 is 0 Å². The van der Waals surface area contributed by atoms with Crippen LogP contribution in [0.15, 0.2) is 84.9 Å². The highest BCUT2D eigenvalue weighted by molar-refractivity contribution is 9.08. The Balaban J connectivity index is 0.000000162. The zero-order valence-corrected chi connectivity index (χ0v) is 26.2. The van der Waals surface area contributed by atoms with E-state index in [9.17, 15) is 9.59 Å². The van der Waals surface area contributed by atoms with Gasteiger partial charge in [0.1, 0.15) is 0 Å². The molecule has 0 radical (unpaired) electrons. The van der Waals surface area contributed by atoms with Crippen molar-refractivity contribution in [2.45, 2.75) is 38.4 Å². The third-order valence-corrected chi connectivity index (χ3v) is 9.01. The largest absolute Gasteiger partial charge is 0.295 e. The molecule has 0 bridgehead atoms. The second kappa shape index (κ2) is 11.6. The Morgan fingerprint density at radius 2 is 0.850 bits per heavy atom. The molecule has 0 saturated carbocycles. The van der Waals surface area contributed by atoms with Crippen LogP contribution in [0.1, 0.15) is 56.8 Å². The lowest BCUT2D eigenvalue weighted by atomic mass is 9.91. The van der Waals surface area contributed by atoms with E-state index in [-0.39, 0.29) is 11.6 Å². The van der Waals surface area contributed by atoms with E-state index >= 15 is 0 Å². The fraction of sp³-hybridized carbons (Fsp3) is 0.167. The van der Waals surface area contributed by atoms with Crippen LogP contribution >= 0.6 is 31.9 Å². The number of hydrogen-bond donors (Lipinski definition) is 0. The van der Waals surface area contributed by atoms with E-state index in [1.54, 1.807) is 13.8 Å². The van der Waals surface area contributed by atoms with Crippen LogP contribution in [0.5, 0.6) is 0 Å². The minimum Gasteiger partial charge on any atom is -0.295 e. The van der Waals surface area contributed by atoms with E-state index in [4.69, 9.17) is 0 Å². The Morgan fingerprint density at radius 3 is 1.32 bits per heavy atom. The molecule has 6 rings (SSSR count). The average molecular weight is 654 g/mol. The molecular weight excluding hydrogens is 624 g/mol. The Kier molecular flexibility index (Phi) is 8.21. The Labute approximate surface area is 251 Å². The summed E-state index contributed by atoms with van der Waals surface area (Å²) in [7, 11) is 0. The number of hydrogen-bond acceptors (Lipinski definition) is 2. The van der Waals surface area contributed by atoms with Gasteiger partial charge in [0.25, 0.3) is 0 Å². The summed E-state index contributed by atoms with van der Waals surface area (Å²) in [6, 6.07) is 28.9. The van der Waals surface area contributed by atoms with Crippen molar-refractivity contribution >= 4 is 86.5 Å². The summed E-state index contributed by atoms with van der Waals surface area (Å²) in [4.78, 5) is 23.2. The van der Waals surface area contributed by atoms with Crippen molar-refractivity contribution in [3.05, 3.63) is 118 Å². The molecule has 0 fully saturated rings. The maximum atomic E-state index is 11.7. The second-order valence-electron chi connectivity index (χ2n) is 10.2. The molecule has 0 aliphatic carbocycles. The molecule has 0 aliphatic rings. The quantitative estimate of drug-likeness (QED) is 0.108. The molecule has 4 heteroatoms. The SMILES string of the molecule is CC(=O)c1ccc2c(C)c3ccccc3c(C)c2c1.CC(=O)c1ccc2c(CBr)c3ccccc3c(CBr)c2c1. The van der Waals surface area contributed by atoms with Gasteiger partial charge in [-0.1, -0.05) is 105 Å². The molecule has 6 aromatic carbocycles. The predicted octanol–water partition coefficient (Wildman–Crippen LogP) is 10.8. The molecule has 6 aromatic rings. The number of carbonyl (C=O) groups excluding carboxylic acids is 2. The highest BCUT2D eigenvalue weighted by Gasteiger charge is 2.14. The lowest BCUT2D eigenvalue weighted by molar-refractivity contribution is 0.100. The molecule has 40 heavy (non-hydrogen) atoms. The van der Waals surface area contributed by atoms with Gasteiger partial charge in [0.05, 0.1) is 0 Å². The number of alkyl halides is 2. The molecule has 0 unspecified atom stereocenters. The summed E-state index contributed by atoms with van der Waals surface area (Å²) in [5.74, 6) is 0.220. The summed E-state index contributed by atoms with van der Waals surface area (Å²) in [5.41, 5.74) is 6.60. The van der Waals surface area contributed by atoms with Gasteiger partial charge in [0.2, 0.25) is 0 Å². The third-order valence-electron chi connectivity index (χ3n) is 7.89. The highest BCUT2D eigenvalue weighted by atomic mass is 79.9. The summed E-state index contributed by atoms with van der Waals surface area (Å²) >= 11 is 7.23. The van der Waals surface area contributed by atoms with Crippen LogP contribution in [0.2, 0.25) is 0 Å². The molecule has 200 valence electrons. The van der Waals surface area contributed by atoms with Crippen molar-refractivity contribution in [3.8, 4) is 0 Å².